The molecule has 7 nitrogen and oxygen atoms in total. The second-order valence-corrected chi connectivity index (χ2v) is 9.78. The fraction of sp³-hybridized carbons (Fsp3) is 0.480. The van der Waals surface area contributed by atoms with E-state index in [-0.39, 0.29) is 31.0 Å². The number of fused-ring (bicyclic) bond motifs is 1. The van der Waals surface area contributed by atoms with E-state index in [2.05, 4.69) is 20.2 Å². The van der Waals surface area contributed by atoms with Crippen molar-refractivity contribution in [2.75, 3.05) is 18.4 Å². The van der Waals surface area contributed by atoms with Gasteiger partial charge in [-0.3, -0.25) is 14.3 Å². The highest BCUT2D eigenvalue weighted by Gasteiger charge is 2.33. The summed E-state index contributed by atoms with van der Waals surface area (Å²) >= 11 is 0. The summed E-state index contributed by atoms with van der Waals surface area (Å²) in [6, 6.07) is 11.1. The van der Waals surface area contributed by atoms with E-state index in [9.17, 15) is 18.7 Å². The molecule has 0 amide bonds. The first-order valence-corrected chi connectivity index (χ1v) is 11.5. The van der Waals surface area contributed by atoms with E-state index in [1.807, 2.05) is 31.2 Å². The molecule has 1 aliphatic heterocycles. The monoisotopic (exact) mass is 471 g/mol. The van der Waals surface area contributed by atoms with Crippen molar-refractivity contribution in [1.82, 2.24) is 19.4 Å². The van der Waals surface area contributed by atoms with Gasteiger partial charge in [-0.1, -0.05) is 24.3 Å². The largest absolute Gasteiger partial charge is 0.389 e. The summed E-state index contributed by atoms with van der Waals surface area (Å²) in [7, 11) is 0. The summed E-state index contributed by atoms with van der Waals surface area (Å²) in [5, 5.41) is 14.2. The molecule has 0 unspecified atom stereocenters. The van der Waals surface area contributed by atoms with E-state index in [4.69, 9.17) is 0 Å². The molecular weight excluding hydrogens is 440 g/mol. The van der Waals surface area contributed by atoms with Gasteiger partial charge in [0.25, 0.3) is 11.5 Å². The number of nitrogens with zero attached hydrogens (tertiary/aromatic N) is 4. The van der Waals surface area contributed by atoms with Crippen molar-refractivity contribution < 1.29 is 13.9 Å². The summed E-state index contributed by atoms with van der Waals surface area (Å²) in [6.45, 7) is 6.87. The van der Waals surface area contributed by atoms with E-state index in [1.54, 1.807) is 26.1 Å². The molecule has 0 radical (unpaired) electrons. The molecule has 1 fully saturated rings. The average Bonchev–Trinajstić information content (AvgIpc) is 2.77. The van der Waals surface area contributed by atoms with Crippen LogP contribution >= 0.6 is 0 Å². The van der Waals surface area contributed by atoms with E-state index in [0.29, 0.717) is 36.6 Å². The van der Waals surface area contributed by atoms with Gasteiger partial charge in [0, 0.05) is 50.1 Å². The molecule has 4 rings (SSSR count). The zero-order chi connectivity index (χ0) is 24.5. The molecule has 0 saturated carbocycles. The van der Waals surface area contributed by atoms with Crippen molar-refractivity contribution >= 4 is 17.0 Å². The molecule has 1 atom stereocenters. The Morgan fingerprint density at radius 1 is 1.15 bits per heavy atom. The fourth-order valence-corrected chi connectivity index (χ4v) is 4.17. The van der Waals surface area contributed by atoms with Crippen LogP contribution in [0.25, 0.3) is 11.0 Å². The van der Waals surface area contributed by atoms with Crippen molar-refractivity contribution in [2.24, 2.45) is 0 Å². The second-order valence-electron chi connectivity index (χ2n) is 9.78. The van der Waals surface area contributed by atoms with Crippen LogP contribution < -0.4 is 10.9 Å². The predicted octanol–water partition coefficient (Wildman–Crippen LogP) is 3.97. The topological polar surface area (TPSA) is 83.3 Å². The summed E-state index contributed by atoms with van der Waals surface area (Å²) < 4.78 is 28.2. The first kappa shape index (κ1) is 24.2. The number of piperidine rings is 1. The Labute approximate surface area is 197 Å². The third kappa shape index (κ3) is 5.95. The van der Waals surface area contributed by atoms with Gasteiger partial charge in [0.05, 0.1) is 18.2 Å². The quantitative estimate of drug-likeness (QED) is 0.543. The summed E-state index contributed by atoms with van der Waals surface area (Å²) in [5.74, 6) is -2.15. The second kappa shape index (κ2) is 9.38. The molecule has 1 saturated heterocycles. The molecule has 2 N–H and O–H groups in total. The third-order valence-corrected chi connectivity index (χ3v) is 6.09. The first-order chi connectivity index (χ1) is 16.0. The third-order valence-electron chi connectivity index (χ3n) is 6.09. The minimum absolute atomic E-state index is 0.0819. The number of alkyl halides is 2. The van der Waals surface area contributed by atoms with Crippen LogP contribution in [0.2, 0.25) is 0 Å². The number of halogens is 2. The molecular formula is C25H31F2N5O2. The molecule has 0 aliphatic carbocycles. The summed E-state index contributed by atoms with van der Waals surface area (Å²) in [6.07, 6.45) is 1.49. The number of anilines is 1. The number of benzene rings is 1. The van der Waals surface area contributed by atoms with Crippen LogP contribution in [0.1, 0.15) is 50.8 Å². The standard InChI is InChI=1S/C25H31F2N5O2/c1-17(19-6-4-18(5-7-19)15-31-12-10-25(26,27)11-13-31)29-23-28-14-20-8-9-21(33)32(22(20)30-23)16-24(2,3)34/h4-9,14,17,34H,10-13,15-16H2,1-3H3,(H,28,29,30)/t17-/m0/s1. The zero-order valence-electron chi connectivity index (χ0n) is 19.8. The highest BCUT2D eigenvalue weighted by molar-refractivity contribution is 5.75. The van der Waals surface area contributed by atoms with Gasteiger partial charge >= 0.3 is 0 Å². The number of nitrogens with one attached hydrogen (secondary N) is 1. The van der Waals surface area contributed by atoms with E-state index in [1.165, 1.54) is 10.6 Å². The van der Waals surface area contributed by atoms with Crippen LogP contribution in [0.15, 0.2) is 47.4 Å². The molecule has 1 aromatic carbocycles. The normalized spacial score (nSPS) is 17.6. The predicted molar refractivity (Wildman–Crippen MR) is 128 cm³/mol. The van der Waals surface area contributed by atoms with Gasteiger partial charge in [-0.15, -0.1) is 0 Å². The fourth-order valence-electron chi connectivity index (χ4n) is 4.17. The van der Waals surface area contributed by atoms with Gasteiger partial charge in [-0.05, 0) is 38.0 Å². The highest BCUT2D eigenvalue weighted by Crippen LogP contribution is 2.28. The van der Waals surface area contributed by atoms with Crippen LogP contribution in [-0.2, 0) is 13.1 Å². The lowest BCUT2D eigenvalue weighted by Gasteiger charge is -2.31. The Balaban J connectivity index is 1.46. The molecule has 2 aromatic heterocycles. The van der Waals surface area contributed by atoms with Crippen molar-refractivity contribution in [3.63, 3.8) is 0 Å². The van der Waals surface area contributed by atoms with E-state index in [0.717, 1.165) is 11.1 Å². The van der Waals surface area contributed by atoms with Gasteiger partial charge in [-0.25, -0.2) is 13.8 Å². The van der Waals surface area contributed by atoms with Crippen LogP contribution in [0.5, 0.6) is 0 Å². The minimum atomic E-state index is -2.53. The van der Waals surface area contributed by atoms with Crippen LogP contribution in [0, 0.1) is 0 Å². The van der Waals surface area contributed by atoms with Gasteiger partial charge in [0.1, 0.15) is 5.65 Å². The number of hydrogen-bond acceptors (Lipinski definition) is 6. The van der Waals surface area contributed by atoms with Crippen molar-refractivity contribution in [3.8, 4) is 0 Å². The average molecular weight is 472 g/mol. The van der Waals surface area contributed by atoms with Gasteiger partial charge < -0.3 is 10.4 Å². The van der Waals surface area contributed by atoms with Crippen molar-refractivity contribution in [2.45, 2.75) is 64.3 Å². The van der Waals surface area contributed by atoms with Crippen molar-refractivity contribution in [1.29, 1.82) is 0 Å². The Morgan fingerprint density at radius 3 is 2.47 bits per heavy atom. The first-order valence-electron chi connectivity index (χ1n) is 11.5. The minimum Gasteiger partial charge on any atom is -0.389 e. The number of rotatable bonds is 7. The lowest BCUT2D eigenvalue weighted by Crippen LogP contribution is -2.38. The smallest absolute Gasteiger partial charge is 0.252 e. The Bertz CT molecular complexity index is 1190. The maximum atomic E-state index is 13.4. The SMILES string of the molecule is C[C@H](Nc1ncc2ccc(=O)n(CC(C)(C)O)c2n1)c1ccc(CN2CCC(F)(F)CC2)cc1. The lowest BCUT2D eigenvalue weighted by atomic mass is 10.0. The van der Waals surface area contributed by atoms with Gasteiger partial charge in [-0.2, -0.15) is 4.98 Å². The molecule has 9 heteroatoms. The Hall–Kier alpha value is -2.91. The summed E-state index contributed by atoms with van der Waals surface area (Å²) in [5.41, 5.74) is 1.27. The molecule has 34 heavy (non-hydrogen) atoms. The van der Waals surface area contributed by atoms with Gasteiger partial charge in [0.15, 0.2) is 0 Å². The molecule has 1 aliphatic rings. The van der Waals surface area contributed by atoms with E-state index < -0.39 is 11.5 Å². The van der Waals surface area contributed by atoms with Crippen LogP contribution in [0.4, 0.5) is 14.7 Å². The maximum absolute atomic E-state index is 13.4. The number of aliphatic hydroxyl groups is 1. The molecule has 182 valence electrons. The lowest BCUT2D eigenvalue weighted by molar-refractivity contribution is -0.0566. The molecule has 3 heterocycles. The number of aromatic nitrogens is 3. The van der Waals surface area contributed by atoms with Crippen LogP contribution in [0.3, 0.4) is 0 Å². The van der Waals surface area contributed by atoms with Gasteiger partial charge in [0.2, 0.25) is 5.95 Å². The Kier molecular flexibility index (Phi) is 6.69. The van der Waals surface area contributed by atoms with Crippen LogP contribution in [-0.4, -0.2) is 49.2 Å². The van der Waals surface area contributed by atoms with E-state index >= 15 is 0 Å². The van der Waals surface area contributed by atoms with Crippen molar-refractivity contribution in [3.05, 3.63) is 64.1 Å². The zero-order valence-corrected chi connectivity index (χ0v) is 19.8. The molecule has 0 spiro atoms. The maximum Gasteiger partial charge on any atom is 0.252 e. The number of pyridine rings is 1. The highest BCUT2D eigenvalue weighted by atomic mass is 19.3. The Morgan fingerprint density at radius 2 is 1.82 bits per heavy atom. The molecule has 0 bridgehead atoms. The molecule has 3 aromatic rings. The number of hydrogen-bond donors (Lipinski definition) is 2. The number of likely N-dealkylation sites (tertiary alicyclic amines) is 1. The summed E-state index contributed by atoms with van der Waals surface area (Å²) in [4.78, 5) is 23.4.